The Bertz CT molecular complexity index is 445. The number of hydrogen-bond donors (Lipinski definition) is 0. The molecular formula is C9H9NO3. The lowest BCUT2D eigenvalue weighted by Crippen LogP contribution is -2.24. The van der Waals surface area contributed by atoms with Gasteiger partial charge in [0.25, 0.3) is 5.56 Å². The van der Waals surface area contributed by atoms with E-state index < -0.39 is 5.97 Å². The number of nitrogens with zero attached hydrogens (tertiary/aromatic N) is 1. The van der Waals surface area contributed by atoms with Gasteiger partial charge in [0.1, 0.15) is 12.2 Å². The summed E-state index contributed by atoms with van der Waals surface area (Å²) >= 11 is 0. The van der Waals surface area contributed by atoms with E-state index in [2.05, 4.69) is 0 Å². The molecule has 0 bridgehead atoms. The lowest BCUT2D eigenvalue weighted by Gasteiger charge is -2.03. The normalized spacial score (nSPS) is 14.2. The zero-order valence-electron chi connectivity index (χ0n) is 7.46. The lowest BCUT2D eigenvalue weighted by atomic mass is 10.1. The Morgan fingerprint density at radius 2 is 2.15 bits per heavy atom. The number of rotatable bonds is 0. The van der Waals surface area contributed by atoms with E-state index in [9.17, 15) is 9.59 Å². The number of carbonyl (C=O) groups is 1. The highest BCUT2D eigenvalue weighted by atomic mass is 16.5. The van der Waals surface area contributed by atoms with Crippen molar-refractivity contribution in [3.05, 3.63) is 33.2 Å². The van der Waals surface area contributed by atoms with E-state index in [1.54, 1.807) is 7.05 Å². The van der Waals surface area contributed by atoms with Crippen LogP contribution in [0, 0.1) is 6.92 Å². The molecule has 2 rings (SSSR count). The average Bonchev–Trinajstić information content (AvgIpc) is 2.43. The van der Waals surface area contributed by atoms with Gasteiger partial charge in [-0.1, -0.05) is 0 Å². The van der Waals surface area contributed by atoms with Crippen molar-refractivity contribution in [2.45, 2.75) is 13.5 Å². The van der Waals surface area contributed by atoms with E-state index in [0.29, 0.717) is 5.56 Å². The molecule has 4 heteroatoms. The Morgan fingerprint density at radius 3 is 2.85 bits per heavy atom. The van der Waals surface area contributed by atoms with E-state index in [1.165, 1.54) is 4.57 Å². The summed E-state index contributed by atoms with van der Waals surface area (Å²) in [6.07, 6.45) is 0. The summed E-state index contributed by atoms with van der Waals surface area (Å²) in [5.41, 5.74) is 1.46. The maximum absolute atomic E-state index is 11.6. The van der Waals surface area contributed by atoms with Crippen molar-refractivity contribution in [2.24, 2.45) is 7.05 Å². The van der Waals surface area contributed by atoms with Gasteiger partial charge >= 0.3 is 5.97 Å². The van der Waals surface area contributed by atoms with Gasteiger partial charge in [0.15, 0.2) is 0 Å². The van der Waals surface area contributed by atoms with E-state index in [0.717, 1.165) is 5.69 Å². The standard InChI is InChI=1S/C9H9NO3/c1-5-3-6-4-13-9(12)7(6)8(11)10(5)2/h3H,4H2,1-2H3. The van der Waals surface area contributed by atoms with Crippen LogP contribution in [0.4, 0.5) is 0 Å². The van der Waals surface area contributed by atoms with Gasteiger partial charge in [-0.3, -0.25) is 4.79 Å². The molecule has 2 heterocycles. The van der Waals surface area contributed by atoms with Gasteiger partial charge in [0.2, 0.25) is 0 Å². The van der Waals surface area contributed by atoms with E-state index >= 15 is 0 Å². The molecule has 0 saturated heterocycles. The van der Waals surface area contributed by atoms with Crippen molar-refractivity contribution < 1.29 is 9.53 Å². The molecule has 0 unspecified atom stereocenters. The summed E-state index contributed by atoms with van der Waals surface area (Å²) in [6.45, 7) is 2.05. The van der Waals surface area contributed by atoms with Crippen LogP contribution in [0.25, 0.3) is 0 Å². The van der Waals surface area contributed by atoms with Crippen LogP contribution in [0.5, 0.6) is 0 Å². The first kappa shape index (κ1) is 8.04. The number of hydrogen-bond acceptors (Lipinski definition) is 3. The molecule has 68 valence electrons. The van der Waals surface area contributed by atoms with Gasteiger partial charge in [-0.05, 0) is 13.0 Å². The summed E-state index contributed by atoms with van der Waals surface area (Å²) in [5.74, 6) is -0.504. The average molecular weight is 179 g/mol. The number of pyridine rings is 1. The first-order chi connectivity index (χ1) is 6.11. The summed E-state index contributed by atoms with van der Waals surface area (Å²) in [6, 6.07) is 1.81. The molecule has 1 aromatic heterocycles. The molecule has 1 aliphatic heterocycles. The highest BCUT2D eigenvalue weighted by molar-refractivity contribution is 5.92. The zero-order chi connectivity index (χ0) is 9.59. The Labute approximate surface area is 74.8 Å². The predicted octanol–water partition coefficient (Wildman–Crippen LogP) is 0.364. The largest absolute Gasteiger partial charge is 0.457 e. The number of ether oxygens (including phenoxy) is 1. The quantitative estimate of drug-likeness (QED) is 0.540. The third-order valence-electron chi connectivity index (χ3n) is 2.31. The molecule has 1 aromatic rings. The minimum absolute atomic E-state index is 0.188. The Hall–Kier alpha value is -1.58. The summed E-state index contributed by atoms with van der Waals surface area (Å²) in [7, 11) is 1.64. The van der Waals surface area contributed by atoms with Crippen molar-refractivity contribution in [1.82, 2.24) is 4.57 Å². The summed E-state index contributed by atoms with van der Waals surface area (Å²) in [4.78, 5) is 22.7. The zero-order valence-corrected chi connectivity index (χ0v) is 7.46. The minimum Gasteiger partial charge on any atom is -0.457 e. The molecule has 4 nitrogen and oxygen atoms in total. The fourth-order valence-corrected chi connectivity index (χ4v) is 1.43. The molecule has 0 amide bonds. The van der Waals surface area contributed by atoms with Crippen LogP contribution < -0.4 is 5.56 Å². The SMILES string of the molecule is Cc1cc2c(c(=O)n1C)C(=O)OC2. The van der Waals surface area contributed by atoms with Crippen LogP contribution >= 0.6 is 0 Å². The molecule has 0 N–H and O–H groups in total. The van der Waals surface area contributed by atoms with Crippen molar-refractivity contribution in [3.8, 4) is 0 Å². The predicted molar refractivity (Wildman–Crippen MR) is 45.5 cm³/mol. The second-order valence-electron chi connectivity index (χ2n) is 3.13. The van der Waals surface area contributed by atoms with Crippen molar-refractivity contribution >= 4 is 5.97 Å². The third kappa shape index (κ3) is 0.983. The van der Waals surface area contributed by atoms with Gasteiger partial charge < -0.3 is 9.30 Å². The molecule has 0 saturated carbocycles. The third-order valence-corrected chi connectivity index (χ3v) is 2.31. The van der Waals surface area contributed by atoms with Crippen molar-refractivity contribution in [1.29, 1.82) is 0 Å². The van der Waals surface area contributed by atoms with Gasteiger partial charge in [-0.2, -0.15) is 0 Å². The highest BCUT2D eigenvalue weighted by Crippen LogP contribution is 2.16. The fourth-order valence-electron chi connectivity index (χ4n) is 1.43. The van der Waals surface area contributed by atoms with Crippen LogP contribution in [-0.2, 0) is 18.4 Å². The first-order valence-electron chi connectivity index (χ1n) is 3.98. The molecule has 0 aliphatic carbocycles. The second-order valence-corrected chi connectivity index (χ2v) is 3.13. The number of esters is 1. The maximum Gasteiger partial charge on any atom is 0.344 e. The smallest absolute Gasteiger partial charge is 0.344 e. The van der Waals surface area contributed by atoms with Crippen LogP contribution in [0.3, 0.4) is 0 Å². The summed E-state index contributed by atoms with van der Waals surface area (Å²) < 4.78 is 6.21. The Kier molecular flexibility index (Phi) is 1.52. The second kappa shape index (κ2) is 2.45. The molecule has 0 atom stereocenters. The number of carbonyl (C=O) groups excluding carboxylic acids is 1. The Morgan fingerprint density at radius 1 is 1.46 bits per heavy atom. The topological polar surface area (TPSA) is 48.3 Å². The summed E-state index contributed by atoms with van der Waals surface area (Å²) in [5, 5.41) is 0. The van der Waals surface area contributed by atoms with Crippen LogP contribution in [0.1, 0.15) is 21.6 Å². The van der Waals surface area contributed by atoms with Crippen LogP contribution in [0.2, 0.25) is 0 Å². The molecule has 1 aliphatic rings. The molecule has 13 heavy (non-hydrogen) atoms. The molecule has 0 spiro atoms. The maximum atomic E-state index is 11.6. The van der Waals surface area contributed by atoms with Gasteiger partial charge in [-0.15, -0.1) is 0 Å². The molecule has 0 fully saturated rings. The van der Waals surface area contributed by atoms with E-state index in [-0.39, 0.29) is 17.7 Å². The monoisotopic (exact) mass is 179 g/mol. The molecular weight excluding hydrogens is 170 g/mol. The Balaban J connectivity index is 2.83. The minimum atomic E-state index is -0.504. The number of cyclic esters (lactones) is 1. The highest BCUT2D eigenvalue weighted by Gasteiger charge is 2.25. The molecule has 0 radical (unpaired) electrons. The van der Waals surface area contributed by atoms with Crippen LogP contribution in [0.15, 0.2) is 10.9 Å². The lowest BCUT2D eigenvalue weighted by molar-refractivity contribution is 0.0533. The van der Waals surface area contributed by atoms with Crippen molar-refractivity contribution in [2.75, 3.05) is 0 Å². The van der Waals surface area contributed by atoms with E-state index in [1.807, 2.05) is 13.0 Å². The van der Waals surface area contributed by atoms with Crippen molar-refractivity contribution in [3.63, 3.8) is 0 Å². The van der Waals surface area contributed by atoms with Gasteiger partial charge in [-0.25, -0.2) is 4.79 Å². The number of aromatic nitrogens is 1. The van der Waals surface area contributed by atoms with Crippen LogP contribution in [-0.4, -0.2) is 10.5 Å². The van der Waals surface area contributed by atoms with E-state index in [4.69, 9.17) is 4.74 Å². The molecule has 0 aromatic carbocycles. The van der Waals surface area contributed by atoms with Gasteiger partial charge in [0.05, 0.1) is 0 Å². The first-order valence-corrected chi connectivity index (χ1v) is 3.98. The number of fused-ring (bicyclic) bond motifs is 1. The fraction of sp³-hybridized carbons (Fsp3) is 0.333. The van der Waals surface area contributed by atoms with Gasteiger partial charge in [0, 0.05) is 18.3 Å². The number of aryl methyl sites for hydroxylation is 1.